The van der Waals surface area contributed by atoms with Crippen LogP contribution in [-0.2, 0) is 4.57 Å². The van der Waals surface area contributed by atoms with E-state index in [0.29, 0.717) is 6.54 Å². The molecule has 0 saturated heterocycles. The maximum atomic E-state index is 11.6. The van der Waals surface area contributed by atoms with E-state index in [2.05, 4.69) is 6.58 Å². The summed E-state index contributed by atoms with van der Waals surface area (Å²) in [7, 11) is -2.43. The Kier molecular flexibility index (Phi) is 3.07. The van der Waals surface area contributed by atoms with Gasteiger partial charge in [0.2, 0.25) is 5.44 Å². The smallest absolute Gasteiger partial charge is 0.317 e. The van der Waals surface area contributed by atoms with Crippen molar-refractivity contribution >= 4 is 7.60 Å². The Bertz CT molecular complexity index is 577. The Morgan fingerprint density at radius 1 is 1.33 bits per heavy atom. The third-order valence-corrected chi connectivity index (χ3v) is 4.78. The molecule has 0 aromatic heterocycles. The molecule has 2 rings (SSSR count). The first-order valence-corrected chi connectivity index (χ1v) is 7.35. The van der Waals surface area contributed by atoms with Gasteiger partial charge in [0.1, 0.15) is 5.70 Å². The van der Waals surface area contributed by atoms with Crippen molar-refractivity contribution in [2.24, 2.45) is 0 Å². The van der Waals surface area contributed by atoms with Crippen molar-refractivity contribution in [1.29, 1.82) is 0 Å². The molecular formula is C13H17NO3P+. The van der Waals surface area contributed by atoms with Gasteiger partial charge in [-0.25, -0.2) is 4.57 Å². The molecule has 0 spiro atoms. The molecule has 0 fully saturated rings. The molecule has 0 amide bonds. The van der Waals surface area contributed by atoms with E-state index in [-0.39, 0.29) is 9.92 Å². The number of nitrogens with zero attached hydrogens (tertiary/aromatic N) is 1. The molecule has 1 atom stereocenters. The quantitative estimate of drug-likeness (QED) is 0.609. The van der Waals surface area contributed by atoms with Crippen molar-refractivity contribution in [2.45, 2.75) is 6.92 Å². The van der Waals surface area contributed by atoms with Gasteiger partial charge in [0.05, 0.1) is 13.6 Å². The van der Waals surface area contributed by atoms with Crippen LogP contribution in [-0.4, -0.2) is 27.9 Å². The van der Waals surface area contributed by atoms with Gasteiger partial charge >= 0.3 is 7.60 Å². The number of likely N-dealkylation sites (N-methyl/N-ethyl adjacent to an activating group) is 1. The van der Waals surface area contributed by atoms with Crippen LogP contribution in [0.1, 0.15) is 6.92 Å². The van der Waals surface area contributed by atoms with Crippen LogP contribution in [0.2, 0.25) is 0 Å². The zero-order chi connectivity index (χ0) is 13.6. The Labute approximate surface area is 107 Å². The fourth-order valence-electron chi connectivity index (χ4n) is 2.45. The highest BCUT2D eigenvalue weighted by Crippen LogP contribution is 2.54. The monoisotopic (exact) mass is 266 g/mol. The van der Waals surface area contributed by atoms with Gasteiger partial charge in [-0.05, 0) is 24.6 Å². The summed E-state index contributed by atoms with van der Waals surface area (Å²) in [6.45, 7) is 6.25. The minimum Gasteiger partial charge on any atom is -0.317 e. The molecule has 0 radical (unpaired) electrons. The lowest BCUT2D eigenvalue weighted by atomic mass is 10.0. The second kappa shape index (κ2) is 4.18. The van der Waals surface area contributed by atoms with E-state index >= 15 is 0 Å². The summed E-state index contributed by atoms with van der Waals surface area (Å²) in [6.07, 6.45) is 8.90. The molecule has 1 heterocycles. The van der Waals surface area contributed by atoms with Crippen LogP contribution in [0, 0.1) is 0 Å². The zero-order valence-electron chi connectivity index (χ0n) is 10.5. The summed E-state index contributed by atoms with van der Waals surface area (Å²) in [4.78, 5) is 19.0. The molecule has 4 nitrogen and oxygen atoms in total. The lowest BCUT2D eigenvalue weighted by Gasteiger charge is -2.37. The number of hydrogen-bond donors (Lipinski definition) is 2. The molecule has 0 aromatic rings. The van der Waals surface area contributed by atoms with Crippen LogP contribution in [0.3, 0.4) is 0 Å². The number of quaternary nitrogens is 1. The van der Waals surface area contributed by atoms with E-state index in [1.54, 1.807) is 18.2 Å². The number of allylic oxidation sites excluding steroid dienone is 6. The van der Waals surface area contributed by atoms with E-state index in [0.717, 1.165) is 16.8 Å². The standard InChI is InChI=1S/C13H16NO3P/c1-4-10-6-8-12-11(10)7-9-13(18(15,16)17)14(12,3)5-2/h4,6-9H,1,5H2,2-3H3,(H-,15,16,17)/p+1. The summed E-state index contributed by atoms with van der Waals surface area (Å²) < 4.78 is 11.8. The Hall–Kier alpha value is -1.19. The fraction of sp³-hybridized carbons (Fsp3) is 0.231. The van der Waals surface area contributed by atoms with Crippen LogP contribution >= 0.6 is 7.60 Å². The first-order valence-electron chi connectivity index (χ1n) is 5.74. The Morgan fingerprint density at radius 3 is 2.50 bits per heavy atom. The molecule has 18 heavy (non-hydrogen) atoms. The Morgan fingerprint density at radius 2 is 2.00 bits per heavy atom. The van der Waals surface area contributed by atoms with E-state index in [1.807, 2.05) is 26.1 Å². The summed E-state index contributed by atoms with van der Waals surface area (Å²) in [5.41, 5.74) is 3.03. The second-order valence-corrected chi connectivity index (χ2v) is 6.08. The van der Waals surface area contributed by atoms with E-state index in [9.17, 15) is 14.4 Å². The van der Waals surface area contributed by atoms with Gasteiger partial charge in [0.15, 0.2) is 0 Å². The molecule has 2 N–H and O–H groups in total. The summed E-state index contributed by atoms with van der Waals surface area (Å²) in [5.74, 6) is 0. The van der Waals surface area contributed by atoms with Gasteiger partial charge in [-0.15, -0.1) is 0 Å². The van der Waals surface area contributed by atoms with Crippen LogP contribution in [0.5, 0.6) is 0 Å². The molecule has 1 aliphatic heterocycles. The highest BCUT2D eigenvalue weighted by molar-refractivity contribution is 7.56. The lowest BCUT2D eigenvalue weighted by Crippen LogP contribution is -2.43. The molecule has 1 unspecified atom stereocenters. The molecule has 5 heteroatoms. The molecule has 0 bridgehead atoms. The third-order valence-electron chi connectivity index (χ3n) is 3.59. The lowest BCUT2D eigenvalue weighted by molar-refractivity contribution is -0.823. The van der Waals surface area contributed by atoms with E-state index in [4.69, 9.17) is 0 Å². The Balaban J connectivity index is 2.61. The van der Waals surface area contributed by atoms with Gasteiger partial charge in [-0.3, -0.25) is 4.48 Å². The first kappa shape index (κ1) is 13.2. The molecular weight excluding hydrogens is 249 g/mol. The number of fused-ring (bicyclic) bond motifs is 1. The molecule has 0 aromatic carbocycles. The van der Waals surface area contributed by atoms with Gasteiger partial charge < -0.3 is 9.79 Å². The first-order chi connectivity index (χ1) is 8.34. The molecule has 96 valence electrons. The topological polar surface area (TPSA) is 57.5 Å². The van der Waals surface area contributed by atoms with Gasteiger partial charge in [0.25, 0.3) is 0 Å². The maximum Gasteiger partial charge on any atom is 0.409 e. The highest BCUT2D eigenvalue weighted by Gasteiger charge is 2.45. The van der Waals surface area contributed by atoms with Crippen LogP contribution in [0.15, 0.2) is 59.2 Å². The van der Waals surface area contributed by atoms with Gasteiger partial charge in [-0.1, -0.05) is 12.7 Å². The van der Waals surface area contributed by atoms with Crippen molar-refractivity contribution in [2.75, 3.05) is 13.6 Å². The van der Waals surface area contributed by atoms with Crippen molar-refractivity contribution in [1.82, 2.24) is 0 Å². The van der Waals surface area contributed by atoms with E-state index < -0.39 is 7.60 Å². The fourth-order valence-corrected chi connectivity index (χ4v) is 3.54. The van der Waals surface area contributed by atoms with Crippen LogP contribution in [0.25, 0.3) is 0 Å². The second-order valence-electron chi connectivity index (χ2n) is 4.53. The number of rotatable bonds is 3. The minimum atomic E-state index is -4.26. The van der Waals surface area contributed by atoms with Crippen molar-refractivity contribution in [3.63, 3.8) is 0 Å². The SMILES string of the molecule is C=CC1=CC=C2C1=CC=C(P(=O)(O)O)[N+]2(C)CC. The summed E-state index contributed by atoms with van der Waals surface area (Å²) >= 11 is 0. The molecule has 1 aliphatic carbocycles. The van der Waals surface area contributed by atoms with Gasteiger partial charge in [-0.2, -0.15) is 0 Å². The average Bonchev–Trinajstić information content (AvgIpc) is 2.71. The minimum absolute atomic E-state index is 0.138. The summed E-state index contributed by atoms with van der Waals surface area (Å²) in [5, 5.41) is 0. The predicted octanol–water partition coefficient (Wildman–Crippen LogP) is 2.42. The predicted molar refractivity (Wildman–Crippen MR) is 71.3 cm³/mol. The summed E-state index contributed by atoms with van der Waals surface area (Å²) in [6, 6.07) is 0. The largest absolute Gasteiger partial charge is 0.409 e. The van der Waals surface area contributed by atoms with Crippen LogP contribution < -0.4 is 0 Å². The maximum absolute atomic E-state index is 11.6. The van der Waals surface area contributed by atoms with Crippen molar-refractivity contribution in [3.05, 3.63) is 59.2 Å². The average molecular weight is 266 g/mol. The molecule has 2 aliphatic rings. The number of hydrogen-bond acceptors (Lipinski definition) is 1. The van der Waals surface area contributed by atoms with Crippen molar-refractivity contribution < 1.29 is 18.8 Å². The van der Waals surface area contributed by atoms with E-state index in [1.165, 1.54) is 0 Å². The van der Waals surface area contributed by atoms with Crippen LogP contribution in [0.4, 0.5) is 0 Å². The molecule has 0 saturated carbocycles. The normalized spacial score (nSPS) is 26.9. The third kappa shape index (κ3) is 1.78. The highest BCUT2D eigenvalue weighted by atomic mass is 31.2. The zero-order valence-corrected chi connectivity index (χ0v) is 11.4. The van der Waals surface area contributed by atoms with Gasteiger partial charge in [0, 0.05) is 17.7 Å². The van der Waals surface area contributed by atoms with Crippen molar-refractivity contribution in [3.8, 4) is 0 Å².